The van der Waals surface area contributed by atoms with Crippen molar-refractivity contribution >= 4 is 11.6 Å². The highest BCUT2D eigenvalue weighted by molar-refractivity contribution is 6.16. The first-order valence-electron chi connectivity index (χ1n) is 4.89. The summed E-state index contributed by atoms with van der Waals surface area (Å²) in [6, 6.07) is 3.66. The van der Waals surface area contributed by atoms with Crippen molar-refractivity contribution in [1.29, 1.82) is 0 Å². The van der Waals surface area contributed by atoms with Gasteiger partial charge in [0.15, 0.2) is 0 Å². The maximum Gasteiger partial charge on any atom is 0.416 e. The number of aromatic nitrogens is 2. The Bertz CT molecular complexity index is 562. The molecule has 2 aromatic rings. The standard InChI is InChI=1S/C11H7ClF4N2/c12-6-8-3-4-17-18(8)10-5-7(11(14,15)16)1-2-9(10)13/h1-5H,6H2. The van der Waals surface area contributed by atoms with Gasteiger partial charge in [0.1, 0.15) is 11.5 Å². The minimum absolute atomic E-state index is 0.0235. The average molecular weight is 279 g/mol. The number of rotatable bonds is 2. The Kier molecular flexibility index (Phi) is 3.30. The summed E-state index contributed by atoms with van der Waals surface area (Å²) in [7, 11) is 0. The van der Waals surface area contributed by atoms with Gasteiger partial charge in [-0.3, -0.25) is 0 Å². The topological polar surface area (TPSA) is 17.8 Å². The van der Waals surface area contributed by atoms with Crippen LogP contribution in [0.15, 0.2) is 30.5 Å². The van der Waals surface area contributed by atoms with Crippen molar-refractivity contribution in [2.45, 2.75) is 12.1 Å². The molecule has 0 fully saturated rings. The summed E-state index contributed by atoms with van der Waals surface area (Å²) < 4.78 is 52.3. The Balaban J connectivity index is 2.57. The summed E-state index contributed by atoms with van der Waals surface area (Å²) in [6.07, 6.45) is -3.19. The van der Waals surface area contributed by atoms with E-state index in [1.165, 1.54) is 12.3 Å². The summed E-state index contributed by atoms with van der Waals surface area (Å²) in [5.74, 6) is -0.770. The smallest absolute Gasteiger partial charge is 0.234 e. The second-order valence-corrected chi connectivity index (χ2v) is 3.80. The second-order valence-electron chi connectivity index (χ2n) is 3.53. The molecule has 2 nitrogen and oxygen atoms in total. The van der Waals surface area contributed by atoms with Gasteiger partial charge < -0.3 is 0 Å². The molecule has 7 heteroatoms. The van der Waals surface area contributed by atoms with Crippen LogP contribution in [0.3, 0.4) is 0 Å². The van der Waals surface area contributed by atoms with E-state index in [-0.39, 0.29) is 11.6 Å². The predicted octanol–water partition coefficient (Wildman–Crippen LogP) is 3.77. The van der Waals surface area contributed by atoms with Crippen molar-refractivity contribution in [2.75, 3.05) is 0 Å². The van der Waals surface area contributed by atoms with Gasteiger partial charge in [-0.1, -0.05) is 0 Å². The molecule has 1 aromatic heterocycles. The zero-order valence-corrected chi connectivity index (χ0v) is 9.63. The van der Waals surface area contributed by atoms with Crippen molar-refractivity contribution < 1.29 is 17.6 Å². The first kappa shape index (κ1) is 12.9. The molecule has 1 heterocycles. The third kappa shape index (κ3) is 2.33. The zero-order chi connectivity index (χ0) is 13.3. The molecule has 0 unspecified atom stereocenters. The van der Waals surface area contributed by atoms with Crippen molar-refractivity contribution in [1.82, 2.24) is 9.78 Å². The molecule has 0 aliphatic heterocycles. The van der Waals surface area contributed by atoms with E-state index < -0.39 is 17.6 Å². The van der Waals surface area contributed by atoms with E-state index in [0.717, 1.165) is 10.7 Å². The lowest BCUT2D eigenvalue weighted by atomic mass is 10.2. The van der Waals surface area contributed by atoms with E-state index in [1.54, 1.807) is 0 Å². The van der Waals surface area contributed by atoms with Crippen molar-refractivity contribution in [2.24, 2.45) is 0 Å². The molecule has 0 amide bonds. The normalized spacial score (nSPS) is 11.8. The fourth-order valence-corrected chi connectivity index (χ4v) is 1.70. The fraction of sp³-hybridized carbons (Fsp3) is 0.182. The third-order valence-corrected chi connectivity index (χ3v) is 2.63. The molecular weight excluding hydrogens is 272 g/mol. The number of benzene rings is 1. The van der Waals surface area contributed by atoms with Gasteiger partial charge in [-0.05, 0) is 24.3 Å². The monoisotopic (exact) mass is 278 g/mol. The van der Waals surface area contributed by atoms with Crippen LogP contribution >= 0.6 is 11.6 Å². The van der Waals surface area contributed by atoms with Gasteiger partial charge >= 0.3 is 6.18 Å². The first-order chi connectivity index (χ1) is 8.43. The van der Waals surface area contributed by atoms with E-state index >= 15 is 0 Å². The molecule has 1 aromatic carbocycles. The minimum Gasteiger partial charge on any atom is -0.234 e. The van der Waals surface area contributed by atoms with Gasteiger partial charge in [-0.25, -0.2) is 9.07 Å². The van der Waals surface area contributed by atoms with Crippen LogP contribution in [0, 0.1) is 5.82 Å². The van der Waals surface area contributed by atoms with Crippen LogP contribution in [-0.4, -0.2) is 9.78 Å². The van der Waals surface area contributed by atoms with Gasteiger partial charge in [0.25, 0.3) is 0 Å². The summed E-state index contributed by atoms with van der Waals surface area (Å²) in [4.78, 5) is 0. The van der Waals surface area contributed by atoms with Crippen LogP contribution < -0.4 is 0 Å². The Morgan fingerprint density at radius 3 is 2.56 bits per heavy atom. The summed E-state index contributed by atoms with van der Waals surface area (Å²) in [5, 5.41) is 3.77. The quantitative estimate of drug-likeness (QED) is 0.604. The SMILES string of the molecule is Fc1ccc(C(F)(F)F)cc1-n1nccc1CCl. The highest BCUT2D eigenvalue weighted by Crippen LogP contribution is 2.31. The first-order valence-corrected chi connectivity index (χ1v) is 5.43. The summed E-state index contributed by atoms with van der Waals surface area (Å²) in [6.45, 7) is 0. The molecule has 0 saturated heterocycles. The van der Waals surface area contributed by atoms with Crippen LogP contribution in [0.25, 0.3) is 5.69 Å². The minimum atomic E-state index is -4.53. The Labute approximate surface area is 105 Å². The number of hydrogen-bond donors (Lipinski definition) is 0. The van der Waals surface area contributed by atoms with E-state index in [9.17, 15) is 17.6 Å². The second kappa shape index (κ2) is 4.61. The van der Waals surface area contributed by atoms with Gasteiger partial charge in [-0.2, -0.15) is 18.3 Å². The molecule has 0 saturated carbocycles. The van der Waals surface area contributed by atoms with Crippen LogP contribution in [0.4, 0.5) is 17.6 Å². The molecule has 0 spiro atoms. The Morgan fingerprint density at radius 2 is 1.94 bits per heavy atom. The van der Waals surface area contributed by atoms with E-state index in [0.29, 0.717) is 17.8 Å². The van der Waals surface area contributed by atoms with Gasteiger partial charge in [0, 0.05) is 6.20 Å². The van der Waals surface area contributed by atoms with Gasteiger partial charge in [-0.15, -0.1) is 11.6 Å². The number of nitrogens with zero attached hydrogens (tertiary/aromatic N) is 2. The van der Waals surface area contributed by atoms with Gasteiger partial charge in [0.05, 0.1) is 17.1 Å². The molecular formula is C11H7ClF4N2. The highest BCUT2D eigenvalue weighted by Gasteiger charge is 2.31. The molecule has 0 atom stereocenters. The van der Waals surface area contributed by atoms with Crippen molar-refractivity contribution in [3.63, 3.8) is 0 Å². The third-order valence-electron chi connectivity index (χ3n) is 2.36. The molecule has 96 valence electrons. The van der Waals surface area contributed by atoms with Crippen LogP contribution in [0.1, 0.15) is 11.3 Å². The molecule has 0 N–H and O–H groups in total. The van der Waals surface area contributed by atoms with Crippen molar-refractivity contribution in [3.05, 3.63) is 47.5 Å². The largest absolute Gasteiger partial charge is 0.416 e. The molecule has 18 heavy (non-hydrogen) atoms. The Hall–Kier alpha value is -1.56. The average Bonchev–Trinajstić information content (AvgIpc) is 2.76. The number of alkyl halides is 4. The number of halogens is 5. The van der Waals surface area contributed by atoms with E-state index in [4.69, 9.17) is 11.6 Å². The molecule has 0 radical (unpaired) electrons. The fourth-order valence-electron chi connectivity index (χ4n) is 1.50. The molecule has 2 rings (SSSR count). The lowest BCUT2D eigenvalue weighted by molar-refractivity contribution is -0.137. The lowest BCUT2D eigenvalue weighted by Crippen LogP contribution is -2.09. The van der Waals surface area contributed by atoms with E-state index in [2.05, 4.69) is 5.10 Å². The van der Waals surface area contributed by atoms with Crippen LogP contribution in [-0.2, 0) is 12.1 Å². The van der Waals surface area contributed by atoms with Crippen molar-refractivity contribution in [3.8, 4) is 5.69 Å². The van der Waals surface area contributed by atoms with Gasteiger partial charge in [0.2, 0.25) is 0 Å². The summed E-state index contributed by atoms with van der Waals surface area (Å²) >= 11 is 5.60. The molecule has 0 aliphatic rings. The maximum atomic E-state index is 13.6. The molecule has 0 bridgehead atoms. The lowest BCUT2D eigenvalue weighted by Gasteiger charge is -2.11. The maximum absolute atomic E-state index is 13.6. The highest BCUT2D eigenvalue weighted by atomic mass is 35.5. The Morgan fingerprint density at radius 1 is 1.22 bits per heavy atom. The number of hydrogen-bond acceptors (Lipinski definition) is 1. The summed E-state index contributed by atoms with van der Waals surface area (Å²) in [5.41, 5.74) is -0.796. The van der Waals surface area contributed by atoms with E-state index in [1.807, 2.05) is 0 Å². The predicted molar refractivity (Wildman–Crippen MR) is 58.1 cm³/mol. The zero-order valence-electron chi connectivity index (χ0n) is 8.88. The van der Waals surface area contributed by atoms with Crippen LogP contribution in [0.5, 0.6) is 0 Å². The van der Waals surface area contributed by atoms with Crippen LogP contribution in [0.2, 0.25) is 0 Å². The molecule has 0 aliphatic carbocycles.